The minimum atomic E-state index is -0.113. The van der Waals surface area contributed by atoms with Gasteiger partial charge in [0.15, 0.2) is 0 Å². The molecule has 0 aliphatic rings. The lowest BCUT2D eigenvalue weighted by Crippen LogP contribution is -2.13. The van der Waals surface area contributed by atoms with E-state index in [0.29, 0.717) is 0 Å². The third-order valence-electron chi connectivity index (χ3n) is 3.78. The Morgan fingerprint density at radius 3 is 2.19 bits per heavy atom. The molecule has 1 atom stereocenters. The van der Waals surface area contributed by atoms with Crippen molar-refractivity contribution in [3.05, 3.63) is 89.7 Å². The summed E-state index contributed by atoms with van der Waals surface area (Å²) in [4.78, 5) is 4.12. The summed E-state index contributed by atoms with van der Waals surface area (Å²) in [5.41, 5.74) is 12.2. The molecule has 2 N–H and O–H groups in total. The van der Waals surface area contributed by atoms with Crippen molar-refractivity contribution >= 4 is 0 Å². The fourth-order valence-electron chi connectivity index (χ4n) is 2.53. The molecule has 3 rings (SSSR count). The molecule has 0 spiro atoms. The Kier molecular flexibility index (Phi) is 3.80. The van der Waals surface area contributed by atoms with E-state index in [-0.39, 0.29) is 6.04 Å². The monoisotopic (exact) mass is 274 g/mol. The normalized spacial score (nSPS) is 12.1. The molecule has 104 valence electrons. The Bertz CT molecular complexity index is 718. The molecule has 21 heavy (non-hydrogen) atoms. The zero-order chi connectivity index (χ0) is 14.7. The van der Waals surface area contributed by atoms with Gasteiger partial charge in [0.25, 0.3) is 0 Å². The number of rotatable bonds is 3. The fourth-order valence-corrected chi connectivity index (χ4v) is 2.53. The predicted molar refractivity (Wildman–Crippen MR) is 86.9 cm³/mol. The second kappa shape index (κ2) is 5.90. The summed E-state index contributed by atoms with van der Waals surface area (Å²) in [6.07, 6.45) is 3.65. The van der Waals surface area contributed by atoms with Crippen molar-refractivity contribution < 1.29 is 0 Å². The van der Waals surface area contributed by atoms with Gasteiger partial charge < -0.3 is 5.73 Å². The molecule has 0 aliphatic carbocycles. The molecular weight excluding hydrogens is 256 g/mol. The smallest absolute Gasteiger partial charge is 0.0555 e. The van der Waals surface area contributed by atoms with Crippen LogP contribution in [0.15, 0.2) is 73.1 Å². The van der Waals surface area contributed by atoms with Gasteiger partial charge in [0, 0.05) is 12.4 Å². The Morgan fingerprint density at radius 2 is 1.52 bits per heavy atom. The van der Waals surface area contributed by atoms with Gasteiger partial charge in [0.05, 0.1) is 6.04 Å². The fraction of sp³-hybridized carbons (Fsp3) is 0.105. The van der Waals surface area contributed by atoms with Crippen LogP contribution >= 0.6 is 0 Å². The molecule has 0 saturated heterocycles. The minimum Gasteiger partial charge on any atom is -0.320 e. The third-order valence-corrected chi connectivity index (χ3v) is 3.78. The molecule has 1 heterocycles. The summed E-state index contributed by atoms with van der Waals surface area (Å²) in [6, 6.07) is 20.7. The van der Waals surface area contributed by atoms with Gasteiger partial charge >= 0.3 is 0 Å². The molecule has 1 unspecified atom stereocenters. The largest absolute Gasteiger partial charge is 0.320 e. The number of benzene rings is 2. The highest BCUT2D eigenvalue weighted by Crippen LogP contribution is 2.25. The van der Waals surface area contributed by atoms with Crippen molar-refractivity contribution in [2.75, 3.05) is 0 Å². The number of aryl methyl sites for hydroxylation is 1. The van der Waals surface area contributed by atoms with Crippen molar-refractivity contribution in [3.8, 4) is 11.1 Å². The van der Waals surface area contributed by atoms with E-state index in [1.807, 2.05) is 25.3 Å². The predicted octanol–water partition coefficient (Wildman–Crippen LogP) is 4.11. The van der Waals surface area contributed by atoms with Crippen molar-refractivity contribution in [2.24, 2.45) is 5.73 Å². The SMILES string of the molecule is Cc1cnccc1C(N)c1ccc(-c2ccccc2)cc1. The molecular formula is C19H18N2. The van der Waals surface area contributed by atoms with Crippen LogP contribution in [0.1, 0.15) is 22.7 Å². The van der Waals surface area contributed by atoms with E-state index in [2.05, 4.69) is 53.5 Å². The van der Waals surface area contributed by atoms with Gasteiger partial charge in [-0.15, -0.1) is 0 Å². The van der Waals surface area contributed by atoms with Crippen LogP contribution in [0.25, 0.3) is 11.1 Å². The first-order valence-electron chi connectivity index (χ1n) is 7.07. The quantitative estimate of drug-likeness (QED) is 0.780. The van der Waals surface area contributed by atoms with E-state index in [0.717, 1.165) is 16.7 Å². The number of hydrogen-bond acceptors (Lipinski definition) is 2. The Labute approximate surface area is 125 Å². The Morgan fingerprint density at radius 1 is 0.857 bits per heavy atom. The number of nitrogens with two attached hydrogens (primary N) is 1. The average molecular weight is 274 g/mol. The number of nitrogens with zero attached hydrogens (tertiary/aromatic N) is 1. The van der Waals surface area contributed by atoms with Gasteiger partial charge in [0.2, 0.25) is 0 Å². The van der Waals surface area contributed by atoms with E-state index in [9.17, 15) is 0 Å². The van der Waals surface area contributed by atoms with Crippen molar-refractivity contribution in [3.63, 3.8) is 0 Å². The van der Waals surface area contributed by atoms with Gasteiger partial charge in [-0.1, -0.05) is 54.6 Å². The summed E-state index contributed by atoms with van der Waals surface area (Å²) in [6.45, 7) is 2.04. The maximum absolute atomic E-state index is 6.38. The summed E-state index contributed by atoms with van der Waals surface area (Å²) >= 11 is 0. The van der Waals surface area contributed by atoms with Crippen LogP contribution in [-0.2, 0) is 0 Å². The Hall–Kier alpha value is -2.45. The van der Waals surface area contributed by atoms with Crippen LogP contribution in [0, 0.1) is 6.92 Å². The van der Waals surface area contributed by atoms with E-state index in [1.54, 1.807) is 6.20 Å². The zero-order valence-corrected chi connectivity index (χ0v) is 12.0. The molecule has 2 heteroatoms. The first kappa shape index (κ1) is 13.5. The molecule has 3 aromatic rings. The van der Waals surface area contributed by atoms with Gasteiger partial charge in [-0.25, -0.2) is 0 Å². The standard InChI is InChI=1S/C19H18N2/c1-14-13-21-12-11-18(14)19(20)17-9-7-16(8-10-17)15-5-3-2-4-6-15/h2-13,19H,20H2,1H3. The van der Waals surface area contributed by atoms with E-state index < -0.39 is 0 Å². The van der Waals surface area contributed by atoms with Crippen LogP contribution in [0.3, 0.4) is 0 Å². The summed E-state index contributed by atoms with van der Waals surface area (Å²) in [5.74, 6) is 0. The van der Waals surface area contributed by atoms with Gasteiger partial charge in [-0.05, 0) is 40.8 Å². The topological polar surface area (TPSA) is 38.9 Å². The lowest BCUT2D eigenvalue weighted by atomic mass is 9.95. The van der Waals surface area contributed by atoms with Gasteiger partial charge in [0.1, 0.15) is 0 Å². The first-order valence-corrected chi connectivity index (χ1v) is 7.07. The van der Waals surface area contributed by atoms with E-state index in [1.165, 1.54) is 11.1 Å². The lowest BCUT2D eigenvalue weighted by molar-refractivity contribution is 0.857. The molecule has 0 bridgehead atoms. The molecule has 0 saturated carbocycles. The highest BCUT2D eigenvalue weighted by molar-refractivity contribution is 5.63. The molecule has 2 aromatic carbocycles. The maximum atomic E-state index is 6.38. The molecule has 0 fully saturated rings. The summed E-state index contributed by atoms with van der Waals surface area (Å²) in [5, 5.41) is 0. The number of hydrogen-bond donors (Lipinski definition) is 1. The number of pyridine rings is 1. The molecule has 0 aliphatic heterocycles. The van der Waals surface area contributed by atoms with Gasteiger partial charge in [-0.3, -0.25) is 4.98 Å². The molecule has 1 aromatic heterocycles. The Balaban J connectivity index is 1.89. The average Bonchev–Trinajstić information content (AvgIpc) is 2.56. The van der Waals surface area contributed by atoms with E-state index in [4.69, 9.17) is 5.73 Å². The van der Waals surface area contributed by atoms with Crippen molar-refractivity contribution in [1.29, 1.82) is 0 Å². The van der Waals surface area contributed by atoms with Crippen LogP contribution in [0.2, 0.25) is 0 Å². The van der Waals surface area contributed by atoms with Crippen molar-refractivity contribution in [1.82, 2.24) is 4.98 Å². The van der Waals surface area contributed by atoms with Gasteiger partial charge in [-0.2, -0.15) is 0 Å². The lowest BCUT2D eigenvalue weighted by Gasteiger charge is -2.15. The second-order valence-corrected chi connectivity index (χ2v) is 5.20. The maximum Gasteiger partial charge on any atom is 0.0555 e. The zero-order valence-electron chi connectivity index (χ0n) is 12.0. The molecule has 0 radical (unpaired) electrons. The summed E-state index contributed by atoms with van der Waals surface area (Å²) in [7, 11) is 0. The highest BCUT2D eigenvalue weighted by Gasteiger charge is 2.11. The van der Waals surface area contributed by atoms with Crippen LogP contribution in [0.5, 0.6) is 0 Å². The number of aromatic nitrogens is 1. The first-order chi connectivity index (χ1) is 10.3. The second-order valence-electron chi connectivity index (χ2n) is 5.20. The summed E-state index contributed by atoms with van der Waals surface area (Å²) < 4.78 is 0. The third kappa shape index (κ3) is 2.86. The van der Waals surface area contributed by atoms with E-state index >= 15 is 0 Å². The van der Waals surface area contributed by atoms with Crippen LogP contribution in [0.4, 0.5) is 0 Å². The van der Waals surface area contributed by atoms with Crippen LogP contribution in [-0.4, -0.2) is 4.98 Å². The van der Waals surface area contributed by atoms with Crippen molar-refractivity contribution in [2.45, 2.75) is 13.0 Å². The highest BCUT2D eigenvalue weighted by atomic mass is 14.7. The molecule has 2 nitrogen and oxygen atoms in total. The van der Waals surface area contributed by atoms with Crippen LogP contribution < -0.4 is 5.73 Å². The minimum absolute atomic E-state index is 0.113. The molecule has 0 amide bonds.